The first-order valence-electron chi connectivity index (χ1n) is 9.16. The van der Waals surface area contributed by atoms with Crippen molar-refractivity contribution in [1.29, 1.82) is 0 Å². The van der Waals surface area contributed by atoms with Crippen LogP contribution in [0.15, 0.2) is 41.3 Å². The predicted octanol–water partition coefficient (Wildman–Crippen LogP) is 3.65. The molecule has 1 aliphatic heterocycles. The molecule has 29 heavy (non-hydrogen) atoms. The molecule has 0 radical (unpaired) electrons. The van der Waals surface area contributed by atoms with Crippen molar-refractivity contribution in [3.05, 3.63) is 53.6 Å². The number of rotatable bonds is 5. The third-order valence-corrected chi connectivity index (χ3v) is 6.33. The summed E-state index contributed by atoms with van der Waals surface area (Å²) >= 11 is 0. The molecule has 1 fully saturated rings. The van der Waals surface area contributed by atoms with Gasteiger partial charge in [0.1, 0.15) is 5.75 Å². The lowest BCUT2D eigenvalue weighted by molar-refractivity contribution is 0.0693. The molecule has 1 saturated heterocycles. The molecule has 0 atom stereocenters. The fourth-order valence-electron chi connectivity index (χ4n) is 3.18. The SMILES string of the molecule is COc1ccc(S(=O)(=O)Nc2ccc(F)c(F)c2)cc1C(=O)N1CCC(C)CC1. The molecule has 3 rings (SSSR count). The molecule has 1 amide bonds. The van der Waals surface area contributed by atoms with Crippen LogP contribution in [0.2, 0.25) is 0 Å². The average molecular weight is 424 g/mol. The number of methoxy groups -OCH3 is 1. The van der Waals surface area contributed by atoms with Gasteiger partial charge >= 0.3 is 0 Å². The number of halogens is 2. The van der Waals surface area contributed by atoms with E-state index in [1.54, 1.807) is 4.90 Å². The average Bonchev–Trinajstić information content (AvgIpc) is 2.70. The number of hydrogen-bond acceptors (Lipinski definition) is 4. The summed E-state index contributed by atoms with van der Waals surface area (Å²) in [6.45, 7) is 3.31. The summed E-state index contributed by atoms with van der Waals surface area (Å²) in [6.07, 6.45) is 1.76. The number of nitrogens with one attached hydrogen (secondary N) is 1. The van der Waals surface area contributed by atoms with Crippen molar-refractivity contribution >= 4 is 21.6 Å². The second kappa shape index (κ2) is 8.36. The van der Waals surface area contributed by atoms with Crippen molar-refractivity contribution in [2.75, 3.05) is 24.9 Å². The van der Waals surface area contributed by atoms with Crippen molar-refractivity contribution in [3.8, 4) is 5.75 Å². The molecular weight excluding hydrogens is 402 g/mol. The Labute approximate surface area is 168 Å². The van der Waals surface area contributed by atoms with Crippen LogP contribution in [0.5, 0.6) is 5.75 Å². The van der Waals surface area contributed by atoms with Crippen LogP contribution in [-0.2, 0) is 10.0 Å². The summed E-state index contributed by atoms with van der Waals surface area (Å²) in [7, 11) is -2.73. The van der Waals surface area contributed by atoms with Crippen molar-refractivity contribution in [2.45, 2.75) is 24.7 Å². The van der Waals surface area contributed by atoms with Gasteiger partial charge in [0.05, 0.1) is 23.3 Å². The van der Waals surface area contributed by atoms with Crippen LogP contribution in [0.3, 0.4) is 0 Å². The van der Waals surface area contributed by atoms with Crippen molar-refractivity contribution in [1.82, 2.24) is 4.90 Å². The maximum atomic E-state index is 13.4. The van der Waals surface area contributed by atoms with Crippen molar-refractivity contribution < 1.29 is 26.7 Å². The number of carbonyl (C=O) groups is 1. The maximum absolute atomic E-state index is 13.4. The number of hydrogen-bond donors (Lipinski definition) is 1. The summed E-state index contributed by atoms with van der Waals surface area (Å²) < 4.78 is 59.3. The highest BCUT2D eigenvalue weighted by Crippen LogP contribution is 2.27. The molecule has 1 heterocycles. The van der Waals surface area contributed by atoms with Crippen molar-refractivity contribution in [3.63, 3.8) is 0 Å². The Balaban J connectivity index is 1.90. The third-order valence-electron chi connectivity index (χ3n) is 4.95. The first kappa shape index (κ1) is 21.0. The first-order valence-corrected chi connectivity index (χ1v) is 10.6. The van der Waals surface area contributed by atoms with Crippen LogP contribution in [0.1, 0.15) is 30.1 Å². The number of benzene rings is 2. The highest BCUT2D eigenvalue weighted by molar-refractivity contribution is 7.92. The van der Waals surface area contributed by atoms with E-state index in [2.05, 4.69) is 11.6 Å². The molecule has 1 aliphatic rings. The van der Waals surface area contributed by atoms with E-state index in [4.69, 9.17) is 4.74 Å². The normalized spacial score (nSPS) is 15.2. The second-order valence-electron chi connectivity index (χ2n) is 7.07. The summed E-state index contributed by atoms with van der Waals surface area (Å²) in [5.41, 5.74) is 0.00725. The smallest absolute Gasteiger partial charge is 0.261 e. The Morgan fingerprint density at radius 2 is 1.79 bits per heavy atom. The number of amides is 1. The van der Waals surface area contributed by atoms with E-state index in [-0.39, 0.29) is 27.8 Å². The van der Waals surface area contributed by atoms with E-state index in [0.717, 1.165) is 31.0 Å². The van der Waals surface area contributed by atoms with E-state index in [0.29, 0.717) is 19.0 Å². The van der Waals surface area contributed by atoms with E-state index < -0.39 is 21.7 Å². The van der Waals surface area contributed by atoms with Crippen LogP contribution in [0.25, 0.3) is 0 Å². The highest BCUT2D eigenvalue weighted by Gasteiger charge is 2.26. The predicted molar refractivity (Wildman–Crippen MR) is 104 cm³/mol. The van der Waals surface area contributed by atoms with Crippen LogP contribution >= 0.6 is 0 Å². The van der Waals surface area contributed by atoms with E-state index in [1.165, 1.54) is 25.3 Å². The molecule has 0 bridgehead atoms. The van der Waals surface area contributed by atoms with Gasteiger partial charge in [-0.3, -0.25) is 9.52 Å². The number of nitrogens with zero attached hydrogens (tertiary/aromatic N) is 1. The fraction of sp³-hybridized carbons (Fsp3) is 0.350. The molecule has 156 valence electrons. The van der Waals surface area contributed by atoms with Crippen LogP contribution in [0.4, 0.5) is 14.5 Å². The highest BCUT2D eigenvalue weighted by atomic mass is 32.2. The Morgan fingerprint density at radius 1 is 1.10 bits per heavy atom. The first-order chi connectivity index (χ1) is 13.7. The van der Waals surface area contributed by atoms with Crippen LogP contribution in [0, 0.1) is 17.6 Å². The monoisotopic (exact) mass is 424 g/mol. The Hall–Kier alpha value is -2.68. The molecule has 2 aromatic rings. The lowest BCUT2D eigenvalue weighted by Crippen LogP contribution is -2.38. The molecule has 1 N–H and O–H groups in total. The number of anilines is 1. The number of likely N-dealkylation sites (tertiary alicyclic amines) is 1. The molecule has 0 aliphatic carbocycles. The quantitative estimate of drug-likeness (QED) is 0.795. The van der Waals surface area contributed by atoms with Gasteiger partial charge < -0.3 is 9.64 Å². The van der Waals surface area contributed by atoms with Crippen molar-refractivity contribution in [2.24, 2.45) is 5.92 Å². The van der Waals surface area contributed by atoms with Gasteiger partial charge in [-0.15, -0.1) is 0 Å². The summed E-state index contributed by atoms with van der Waals surface area (Å²) in [5, 5.41) is 0. The van der Waals surface area contributed by atoms with Gasteiger partial charge in [0.15, 0.2) is 11.6 Å². The summed E-state index contributed by atoms with van der Waals surface area (Å²) in [4.78, 5) is 14.4. The van der Waals surface area contributed by atoms with Crippen LogP contribution in [-0.4, -0.2) is 39.4 Å². The fourth-order valence-corrected chi connectivity index (χ4v) is 4.25. The molecule has 0 aromatic heterocycles. The molecule has 9 heteroatoms. The number of ether oxygens (including phenoxy) is 1. The molecule has 2 aromatic carbocycles. The molecule has 0 saturated carbocycles. The number of piperidine rings is 1. The lowest BCUT2D eigenvalue weighted by Gasteiger charge is -2.30. The molecular formula is C20H22F2N2O4S. The largest absolute Gasteiger partial charge is 0.496 e. The minimum Gasteiger partial charge on any atom is -0.496 e. The van der Waals surface area contributed by atoms with E-state index in [1.807, 2.05) is 0 Å². The van der Waals surface area contributed by atoms with Gasteiger partial charge in [-0.25, -0.2) is 17.2 Å². The zero-order valence-corrected chi connectivity index (χ0v) is 16.9. The minimum absolute atomic E-state index is 0.127. The number of carbonyl (C=O) groups excluding carboxylic acids is 1. The van der Waals surface area contributed by atoms with Gasteiger partial charge in [0.2, 0.25) is 0 Å². The number of sulfonamides is 1. The Kier molecular flexibility index (Phi) is 6.07. The standard InChI is InChI=1S/C20H22F2N2O4S/c1-13-7-9-24(10-8-13)20(25)16-12-15(4-6-19(16)28-2)29(26,27)23-14-3-5-17(21)18(22)11-14/h3-6,11-13,23H,7-10H2,1-2H3. The second-order valence-corrected chi connectivity index (χ2v) is 8.75. The Bertz CT molecular complexity index is 1020. The minimum atomic E-state index is -4.13. The Morgan fingerprint density at radius 3 is 2.41 bits per heavy atom. The molecule has 0 unspecified atom stereocenters. The third kappa shape index (κ3) is 4.67. The zero-order chi connectivity index (χ0) is 21.2. The van der Waals surface area contributed by atoms with Gasteiger partial charge in [0, 0.05) is 19.2 Å². The van der Waals surface area contributed by atoms with Gasteiger partial charge in [0.25, 0.3) is 15.9 Å². The van der Waals surface area contributed by atoms with Gasteiger partial charge in [-0.05, 0) is 49.1 Å². The van der Waals surface area contributed by atoms with Crippen LogP contribution < -0.4 is 9.46 Å². The van der Waals surface area contributed by atoms with Gasteiger partial charge in [-0.1, -0.05) is 6.92 Å². The molecule has 0 spiro atoms. The van der Waals surface area contributed by atoms with E-state index in [9.17, 15) is 22.0 Å². The maximum Gasteiger partial charge on any atom is 0.261 e. The molecule has 6 nitrogen and oxygen atoms in total. The summed E-state index contributed by atoms with van der Waals surface area (Å²) in [5.74, 6) is -1.76. The summed E-state index contributed by atoms with van der Waals surface area (Å²) in [6, 6.07) is 6.61. The lowest BCUT2D eigenvalue weighted by atomic mass is 9.98. The van der Waals surface area contributed by atoms with E-state index >= 15 is 0 Å². The zero-order valence-electron chi connectivity index (χ0n) is 16.1. The topological polar surface area (TPSA) is 75.7 Å². The van der Waals surface area contributed by atoms with Gasteiger partial charge in [-0.2, -0.15) is 0 Å².